The molecule has 1 saturated carbocycles. The zero-order chi connectivity index (χ0) is 13.7. The third kappa shape index (κ3) is 4.69. The number of hydrogen-bond donors (Lipinski definition) is 1. The third-order valence-electron chi connectivity index (χ3n) is 3.58. The van der Waals surface area contributed by atoms with Gasteiger partial charge in [0.2, 0.25) is 11.8 Å². The molecule has 19 heavy (non-hydrogen) atoms. The van der Waals surface area contributed by atoms with Crippen molar-refractivity contribution < 1.29 is 4.74 Å². The van der Waals surface area contributed by atoms with Gasteiger partial charge >= 0.3 is 0 Å². The molecule has 0 aliphatic heterocycles. The Labute approximate surface area is 116 Å². The third-order valence-corrected chi connectivity index (χ3v) is 3.58. The Morgan fingerprint density at radius 1 is 1.42 bits per heavy atom. The Bertz CT molecular complexity index is 395. The van der Waals surface area contributed by atoms with Gasteiger partial charge in [0, 0.05) is 18.8 Å². The predicted octanol–water partition coefficient (Wildman–Crippen LogP) is 3.50. The summed E-state index contributed by atoms with van der Waals surface area (Å²) in [6.07, 6.45) is 7.25. The van der Waals surface area contributed by atoms with E-state index in [2.05, 4.69) is 22.2 Å². The number of anilines is 1. The van der Waals surface area contributed by atoms with Crippen LogP contribution in [-0.2, 0) is 0 Å². The van der Waals surface area contributed by atoms with Crippen molar-refractivity contribution in [2.75, 3.05) is 11.9 Å². The second kappa shape index (κ2) is 6.73. The van der Waals surface area contributed by atoms with Gasteiger partial charge in [0.15, 0.2) is 0 Å². The summed E-state index contributed by atoms with van der Waals surface area (Å²) in [5.41, 5.74) is 0. The van der Waals surface area contributed by atoms with Crippen LogP contribution in [0, 0.1) is 11.8 Å². The van der Waals surface area contributed by atoms with Gasteiger partial charge in [-0.05, 0) is 38.5 Å². The lowest BCUT2D eigenvalue weighted by Gasteiger charge is -2.26. The van der Waals surface area contributed by atoms with Gasteiger partial charge in [0.25, 0.3) is 0 Å². The summed E-state index contributed by atoms with van der Waals surface area (Å²) in [6, 6.07) is 1.80. The van der Waals surface area contributed by atoms with E-state index in [0.29, 0.717) is 11.8 Å². The zero-order valence-electron chi connectivity index (χ0n) is 12.2. The first-order chi connectivity index (χ1) is 9.13. The predicted molar refractivity (Wildman–Crippen MR) is 77.4 cm³/mol. The summed E-state index contributed by atoms with van der Waals surface area (Å²) >= 11 is 0. The van der Waals surface area contributed by atoms with Gasteiger partial charge < -0.3 is 10.1 Å². The first-order valence-corrected chi connectivity index (χ1v) is 7.37. The van der Waals surface area contributed by atoms with Crippen molar-refractivity contribution in [3.8, 4) is 5.88 Å². The normalized spacial score (nSPS) is 23.4. The van der Waals surface area contributed by atoms with E-state index in [1.165, 1.54) is 25.7 Å². The Morgan fingerprint density at radius 3 is 3.00 bits per heavy atom. The summed E-state index contributed by atoms with van der Waals surface area (Å²) in [5.74, 6) is 2.93. The van der Waals surface area contributed by atoms with Crippen LogP contribution in [0.5, 0.6) is 5.88 Å². The minimum atomic E-state index is 0.141. The average Bonchev–Trinajstić information content (AvgIpc) is 2.36. The molecule has 2 atom stereocenters. The Kier molecular flexibility index (Phi) is 5.00. The smallest absolute Gasteiger partial charge is 0.225 e. The molecule has 2 rings (SSSR count). The molecule has 4 heteroatoms. The molecule has 0 bridgehead atoms. The fraction of sp³-hybridized carbons (Fsp3) is 0.733. The fourth-order valence-corrected chi connectivity index (χ4v) is 2.72. The van der Waals surface area contributed by atoms with Gasteiger partial charge in [-0.1, -0.05) is 19.8 Å². The Balaban J connectivity index is 1.85. The molecule has 1 heterocycles. The maximum absolute atomic E-state index is 5.57. The van der Waals surface area contributed by atoms with Crippen LogP contribution < -0.4 is 10.1 Å². The van der Waals surface area contributed by atoms with E-state index in [0.717, 1.165) is 18.4 Å². The van der Waals surface area contributed by atoms with Gasteiger partial charge in [-0.2, -0.15) is 4.98 Å². The van der Waals surface area contributed by atoms with E-state index >= 15 is 0 Å². The molecule has 1 aromatic rings. The van der Waals surface area contributed by atoms with Crippen molar-refractivity contribution in [1.82, 2.24) is 9.97 Å². The van der Waals surface area contributed by atoms with Crippen molar-refractivity contribution in [2.24, 2.45) is 11.8 Å². The molecule has 0 radical (unpaired) electrons. The quantitative estimate of drug-likeness (QED) is 0.883. The van der Waals surface area contributed by atoms with Gasteiger partial charge in [0.1, 0.15) is 0 Å². The molecule has 1 aliphatic rings. The van der Waals surface area contributed by atoms with E-state index in [-0.39, 0.29) is 6.10 Å². The van der Waals surface area contributed by atoms with Gasteiger partial charge in [0.05, 0.1) is 6.10 Å². The molecule has 1 N–H and O–H groups in total. The molecular formula is C15H25N3O. The SMILES string of the molecule is CC1CCCC(CNc2nccc(OC(C)C)n2)C1. The van der Waals surface area contributed by atoms with Crippen LogP contribution >= 0.6 is 0 Å². The summed E-state index contributed by atoms with van der Waals surface area (Å²) in [5, 5.41) is 3.35. The lowest BCUT2D eigenvalue weighted by atomic mass is 9.82. The standard InChI is InChI=1S/C15H25N3O/c1-11(2)19-14-7-8-16-15(18-14)17-10-13-6-4-5-12(3)9-13/h7-8,11-13H,4-6,9-10H2,1-3H3,(H,16,17,18). The van der Waals surface area contributed by atoms with Crippen LogP contribution in [0.3, 0.4) is 0 Å². The van der Waals surface area contributed by atoms with Crippen LogP contribution in [0.2, 0.25) is 0 Å². The summed E-state index contributed by atoms with van der Waals surface area (Å²) in [7, 11) is 0. The summed E-state index contributed by atoms with van der Waals surface area (Å²) < 4.78 is 5.57. The number of aromatic nitrogens is 2. The van der Waals surface area contributed by atoms with Crippen molar-refractivity contribution >= 4 is 5.95 Å². The van der Waals surface area contributed by atoms with Crippen LogP contribution in [0.15, 0.2) is 12.3 Å². The molecule has 1 fully saturated rings. The van der Waals surface area contributed by atoms with E-state index in [1.54, 1.807) is 12.3 Å². The molecule has 0 saturated heterocycles. The molecule has 0 amide bonds. The average molecular weight is 263 g/mol. The largest absolute Gasteiger partial charge is 0.475 e. The molecule has 1 aliphatic carbocycles. The number of nitrogens with one attached hydrogen (secondary N) is 1. The molecule has 106 valence electrons. The highest BCUT2D eigenvalue weighted by atomic mass is 16.5. The van der Waals surface area contributed by atoms with Crippen molar-refractivity contribution in [3.63, 3.8) is 0 Å². The summed E-state index contributed by atoms with van der Waals surface area (Å²) in [6.45, 7) is 7.31. The second-order valence-corrected chi connectivity index (χ2v) is 5.90. The number of nitrogens with zero attached hydrogens (tertiary/aromatic N) is 2. The van der Waals surface area contributed by atoms with E-state index in [1.807, 2.05) is 13.8 Å². The highest BCUT2D eigenvalue weighted by Crippen LogP contribution is 2.28. The minimum Gasteiger partial charge on any atom is -0.475 e. The maximum atomic E-state index is 5.57. The van der Waals surface area contributed by atoms with Crippen LogP contribution in [0.25, 0.3) is 0 Å². The monoisotopic (exact) mass is 263 g/mol. The van der Waals surface area contributed by atoms with Gasteiger partial charge in [-0.3, -0.25) is 0 Å². The molecule has 4 nitrogen and oxygen atoms in total. The first kappa shape index (κ1) is 14.1. The maximum Gasteiger partial charge on any atom is 0.225 e. The number of rotatable bonds is 5. The molecule has 0 spiro atoms. The second-order valence-electron chi connectivity index (χ2n) is 5.90. The molecule has 2 unspecified atom stereocenters. The van der Waals surface area contributed by atoms with E-state index < -0.39 is 0 Å². The Hall–Kier alpha value is -1.32. The van der Waals surface area contributed by atoms with Gasteiger partial charge in [-0.25, -0.2) is 4.98 Å². The summed E-state index contributed by atoms with van der Waals surface area (Å²) in [4.78, 5) is 8.62. The number of hydrogen-bond acceptors (Lipinski definition) is 4. The van der Waals surface area contributed by atoms with Crippen LogP contribution in [-0.4, -0.2) is 22.6 Å². The minimum absolute atomic E-state index is 0.141. The zero-order valence-corrected chi connectivity index (χ0v) is 12.2. The topological polar surface area (TPSA) is 47.0 Å². The fourth-order valence-electron chi connectivity index (χ4n) is 2.72. The van der Waals surface area contributed by atoms with Crippen molar-refractivity contribution in [1.29, 1.82) is 0 Å². The lowest BCUT2D eigenvalue weighted by molar-refractivity contribution is 0.232. The van der Waals surface area contributed by atoms with Crippen LogP contribution in [0.1, 0.15) is 46.5 Å². The van der Waals surface area contributed by atoms with Crippen molar-refractivity contribution in [2.45, 2.75) is 52.6 Å². The molecule has 1 aromatic heterocycles. The molecule has 0 aromatic carbocycles. The highest BCUT2D eigenvalue weighted by molar-refractivity contribution is 5.27. The first-order valence-electron chi connectivity index (χ1n) is 7.37. The van der Waals surface area contributed by atoms with Crippen molar-refractivity contribution in [3.05, 3.63) is 12.3 Å². The van der Waals surface area contributed by atoms with Gasteiger partial charge in [-0.15, -0.1) is 0 Å². The number of ether oxygens (including phenoxy) is 1. The Morgan fingerprint density at radius 2 is 2.26 bits per heavy atom. The van der Waals surface area contributed by atoms with Crippen LogP contribution in [0.4, 0.5) is 5.95 Å². The molecular weight excluding hydrogens is 238 g/mol. The lowest BCUT2D eigenvalue weighted by Crippen LogP contribution is -2.21. The van der Waals surface area contributed by atoms with E-state index in [9.17, 15) is 0 Å². The highest BCUT2D eigenvalue weighted by Gasteiger charge is 2.18. The van der Waals surface area contributed by atoms with E-state index in [4.69, 9.17) is 4.74 Å².